The van der Waals surface area contributed by atoms with Crippen LogP contribution in [0.4, 0.5) is 9.59 Å². The number of aromatic nitrogens is 4. The molecule has 0 aliphatic carbocycles. The number of carbonyl (C=O) groups excluding carboxylic acids is 4. The van der Waals surface area contributed by atoms with Crippen molar-refractivity contribution in [1.82, 2.24) is 40.4 Å². The largest absolute Gasteiger partial charge is 0.455 e. The molecule has 4 N–H and O–H groups in total. The zero-order valence-corrected chi connectivity index (χ0v) is 36.5. The predicted octanol–water partition coefficient (Wildman–Crippen LogP) is 5.03. The second-order valence-corrected chi connectivity index (χ2v) is 18.7. The standard InChI is InChI=1S/C44H52N8O11S/c1-59-43(55)49-37(25-11-17-61-18-12-25)41(53)51-15-3-5-31(51)39-45-23-29(47-39)27-8-10-35-34(21-27)63-33-9-7-28(22-36(33)64(35,57)58)30-24-46-40(48-30)32-6-4-16-52(32)42(54)38(50-44(56)60-2)26-13-19-62-20-14-26/h7-10,21-26,31-32,37-38H,3-6,11-20H2,1-2H3,(H,45,47)(H,46,48)(H,49,55)(H,50,56)/t31-,32-,37-,38-/m0/s1. The molecule has 0 saturated carbocycles. The van der Waals surface area contributed by atoms with Crippen LogP contribution in [0.1, 0.15) is 75.1 Å². The molecule has 340 valence electrons. The molecule has 0 unspecified atom stereocenters. The van der Waals surface area contributed by atoms with E-state index in [0.717, 1.165) is 12.8 Å². The van der Waals surface area contributed by atoms with E-state index in [0.29, 0.717) is 112 Å². The Morgan fingerprint density at radius 2 is 1.16 bits per heavy atom. The summed E-state index contributed by atoms with van der Waals surface area (Å²) in [6, 6.07) is 7.53. The normalized spacial score (nSPS) is 21.8. The smallest absolute Gasteiger partial charge is 0.407 e. The molecule has 2 aromatic carbocycles. The van der Waals surface area contributed by atoms with Crippen LogP contribution in [0.15, 0.2) is 58.6 Å². The number of benzene rings is 2. The third-order valence-corrected chi connectivity index (χ3v) is 14.9. The van der Waals surface area contributed by atoms with E-state index in [9.17, 15) is 27.6 Å². The Kier molecular flexibility index (Phi) is 12.3. The number of aromatic amines is 2. The minimum Gasteiger partial charge on any atom is -0.455 e. The molecule has 4 saturated heterocycles. The first-order valence-corrected chi connectivity index (χ1v) is 23.3. The quantitative estimate of drug-likeness (QED) is 0.144. The number of nitrogens with zero attached hydrogens (tertiary/aromatic N) is 4. The SMILES string of the molecule is COC(=O)N[C@H](C(=O)N1CCC[C@H]1c1ncc(-c2ccc3c(c2)Oc2ccc(-c4cnc([C@@H]5CCCN5C(=O)[C@@H](NC(=O)OC)C5CCOCC5)[nH]4)cc2S3(=O)=O)[nH]1)C1CCOCC1. The number of methoxy groups -OCH3 is 2. The molecule has 64 heavy (non-hydrogen) atoms. The summed E-state index contributed by atoms with van der Waals surface area (Å²) in [7, 11) is -1.49. The van der Waals surface area contributed by atoms with Gasteiger partial charge in [-0.2, -0.15) is 0 Å². The van der Waals surface area contributed by atoms with Crippen LogP contribution in [0.3, 0.4) is 0 Å². The first-order valence-electron chi connectivity index (χ1n) is 21.8. The Morgan fingerprint density at radius 1 is 0.672 bits per heavy atom. The second-order valence-electron chi connectivity index (χ2n) is 16.8. The van der Waals surface area contributed by atoms with Gasteiger partial charge < -0.3 is 54.1 Å². The van der Waals surface area contributed by atoms with Gasteiger partial charge in [-0.25, -0.2) is 28.0 Å². The number of hydrogen-bond donors (Lipinski definition) is 4. The molecular formula is C44H52N8O11S. The van der Waals surface area contributed by atoms with Crippen molar-refractivity contribution in [3.05, 3.63) is 60.4 Å². The van der Waals surface area contributed by atoms with Crippen molar-refractivity contribution in [2.45, 2.75) is 85.3 Å². The number of rotatable bonds is 10. The molecule has 20 heteroatoms. The van der Waals surface area contributed by atoms with Gasteiger partial charge in [0.25, 0.3) is 0 Å². The number of carbonyl (C=O) groups is 4. The zero-order chi connectivity index (χ0) is 44.5. The fourth-order valence-corrected chi connectivity index (χ4v) is 11.2. The molecule has 0 bridgehead atoms. The minimum absolute atomic E-state index is 0.00261. The van der Waals surface area contributed by atoms with Gasteiger partial charge in [-0.1, -0.05) is 6.07 Å². The van der Waals surface area contributed by atoms with Crippen molar-refractivity contribution in [3.63, 3.8) is 0 Å². The molecule has 4 fully saturated rings. The van der Waals surface area contributed by atoms with E-state index in [-0.39, 0.29) is 57.0 Å². The van der Waals surface area contributed by atoms with Crippen molar-refractivity contribution in [1.29, 1.82) is 0 Å². The van der Waals surface area contributed by atoms with E-state index in [1.165, 1.54) is 20.3 Å². The second kappa shape index (κ2) is 18.2. The predicted molar refractivity (Wildman–Crippen MR) is 227 cm³/mol. The molecule has 0 spiro atoms. The average Bonchev–Trinajstić information content (AvgIpc) is 4.17. The highest BCUT2D eigenvalue weighted by Gasteiger charge is 2.42. The molecule has 5 aliphatic rings. The lowest BCUT2D eigenvalue weighted by Crippen LogP contribution is -2.53. The van der Waals surface area contributed by atoms with Gasteiger partial charge in [0, 0.05) is 50.6 Å². The number of amides is 4. The van der Waals surface area contributed by atoms with Crippen LogP contribution in [0.25, 0.3) is 22.5 Å². The minimum atomic E-state index is -4.03. The average molecular weight is 901 g/mol. The molecule has 2 aromatic heterocycles. The van der Waals surface area contributed by atoms with Gasteiger partial charge in [0.15, 0.2) is 0 Å². The van der Waals surface area contributed by atoms with Gasteiger partial charge in [-0.3, -0.25) is 9.59 Å². The molecule has 19 nitrogen and oxygen atoms in total. The number of ether oxygens (including phenoxy) is 5. The molecule has 5 aliphatic heterocycles. The fraction of sp³-hybridized carbons (Fsp3) is 0.500. The fourth-order valence-electron chi connectivity index (χ4n) is 9.71. The van der Waals surface area contributed by atoms with Crippen molar-refractivity contribution in [2.75, 3.05) is 53.7 Å². The van der Waals surface area contributed by atoms with Crippen LogP contribution >= 0.6 is 0 Å². The lowest BCUT2D eigenvalue weighted by Gasteiger charge is -2.34. The van der Waals surface area contributed by atoms with E-state index in [1.807, 2.05) is 0 Å². The van der Waals surface area contributed by atoms with Gasteiger partial charge in [-0.15, -0.1) is 0 Å². The Morgan fingerprint density at radius 3 is 1.66 bits per heavy atom. The Bertz CT molecular complexity index is 2510. The maximum absolute atomic E-state index is 14.2. The maximum Gasteiger partial charge on any atom is 0.407 e. The van der Waals surface area contributed by atoms with Crippen LogP contribution in [-0.4, -0.2) is 128 Å². The Balaban J connectivity index is 0.907. The highest BCUT2D eigenvalue weighted by molar-refractivity contribution is 7.91. The zero-order valence-electron chi connectivity index (χ0n) is 35.7. The lowest BCUT2D eigenvalue weighted by atomic mass is 9.90. The number of fused-ring (bicyclic) bond motifs is 2. The van der Waals surface area contributed by atoms with Gasteiger partial charge in [0.1, 0.15) is 45.0 Å². The van der Waals surface area contributed by atoms with Gasteiger partial charge >= 0.3 is 12.2 Å². The van der Waals surface area contributed by atoms with E-state index in [1.54, 1.807) is 52.5 Å². The lowest BCUT2D eigenvalue weighted by molar-refractivity contribution is -0.137. The summed E-state index contributed by atoms with van der Waals surface area (Å²) in [4.78, 5) is 72.2. The number of hydrogen-bond acceptors (Lipinski definition) is 13. The topological polar surface area (TPSA) is 236 Å². The Labute approximate surface area is 369 Å². The van der Waals surface area contributed by atoms with Gasteiger partial charge in [0.2, 0.25) is 21.7 Å². The summed E-state index contributed by atoms with van der Waals surface area (Å²) in [6.07, 6.45) is 7.33. The molecule has 9 rings (SSSR count). The third-order valence-electron chi connectivity index (χ3n) is 13.1. The summed E-state index contributed by atoms with van der Waals surface area (Å²) < 4.78 is 55.3. The molecule has 4 atom stereocenters. The first kappa shape index (κ1) is 43.3. The highest BCUT2D eigenvalue weighted by Crippen LogP contribution is 2.46. The number of H-pyrrole nitrogens is 2. The van der Waals surface area contributed by atoms with Crippen LogP contribution in [-0.2, 0) is 38.4 Å². The monoisotopic (exact) mass is 900 g/mol. The number of imidazole rings is 2. The van der Waals surface area contributed by atoms with E-state index >= 15 is 0 Å². The van der Waals surface area contributed by atoms with Crippen molar-refractivity contribution in [2.24, 2.45) is 11.8 Å². The van der Waals surface area contributed by atoms with E-state index in [4.69, 9.17) is 23.7 Å². The van der Waals surface area contributed by atoms with Crippen LogP contribution in [0, 0.1) is 11.8 Å². The summed E-state index contributed by atoms with van der Waals surface area (Å²) in [6.45, 7) is 3.03. The summed E-state index contributed by atoms with van der Waals surface area (Å²) in [5.41, 5.74) is 2.39. The van der Waals surface area contributed by atoms with Gasteiger partial charge in [-0.05, 0) is 93.5 Å². The molecule has 4 aromatic rings. The third kappa shape index (κ3) is 8.40. The first-order chi connectivity index (χ1) is 31.0. The summed E-state index contributed by atoms with van der Waals surface area (Å²) in [5, 5.41) is 5.54. The summed E-state index contributed by atoms with van der Waals surface area (Å²) in [5.74, 6) is 0.874. The number of likely N-dealkylation sites (tertiary alicyclic amines) is 2. The van der Waals surface area contributed by atoms with Crippen LogP contribution in [0.2, 0.25) is 0 Å². The number of alkyl carbamates (subject to hydrolysis) is 2. The van der Waals surface area contributed by atoms with E-state index in [2.05, 4.69) is 30.6 Å². The molecule has 0 radical (unpaired) electrons. The van der Waals surface area contributed by atoms with Crippen molar-refractivity contribution < 1.29 is 51.3 Å². The van der Waals surface area contributed by atoms with Gasteiger partial charge in [0.05, 0.1) is 50.1 Å². The van der Waals surface area contributed by atoms with Crippen molar-refractivity contribution >= 4 is 33.8 Å². The van der Waals surface area contributed by atoms with Crippen LogP contribution < -0.4 is 15.4 Å². The maximum atomic E-state index is 14.2. The number of nitrogens with one attached hydrogen (secondary N) is 4. The summed E-state index contributed by atoms with van der Waals surface area (Å²) >= 11 is 0. The van der Waals surface area contributed by atoms with E-state index < -0.39 is 34.1 Å². The van der Waals surface area contributed by atoms with Crippen molar-refractivity contribution in [3.8, 4) is 34.0 Å². The molecule has 4 amide bonds. The number of sulfone groups is 1. The van der Waals surface area contributed by atoms with Crippen LogP contribution in [0.5, 0.6) is 11.5 Å². The molecular weight excluding hydrogens is 849 g/mol. The molecule has 7 heterocycles. The Hall–Kier alpha value is -5.99. The highest BCUT2D eigenvalue weighted by atomic mass is 32.2.